The molecule has 4 amide bonds. The van der Waals surface area contributed by atoms with E-state index in [1.807, 2.05) is 23.6 Å². The lowest BCUT2D eigenvalue weighted by Gasteiger charge is -2.13. The fraction of sp³-hybridized carbons (Fsp3) is 0.227. The summed E-state index contributed by atoms with van der Waals surface area (Å²) < 4.78 is 5.11. The Hall–Kier alpha value is -3.79. The number of imide groups is 1. The monoisotopic (exact) mass is 451 g/mol. The van der Waals surface area contributed by atoms with Gasteiger partial charge in [-0.3, -0.25) is 19.5 Å². The molecule has 9 nitrogen and oxygen atoms in total. The zero-order chi connectivity index (χ0) is 22.5. The number of amides is 4. The summed E-state index contributed by atoms with van der Waals surface area (Å²) in [5.41, 5.74) is 2.21. The largest absolute Gasteiger partial charge is 0.497 e. The fourth-order valence-electron chi connectivity index (χ4n) is 3.26. The summed E-state index contributed by atoms with van der Waals surface area (Å²) in [7, 11) is 1.57. The molecular formula is C22H21N5O4S. The predicted molar refractivity (Wildman–Crippen MR) is 119 cm³/mol. The van der Waals surface area contributed by atoms with Gasteiger partial charge in [0.1, 0.15) is 17.5 Å². The summed E-state index contributed by atoms with van der Waals surface area (Å²) in [6, 6.07) is 11.5. The van der Waals surface area contributed by atoms with E-state index < -0.39 is 12.1 Å². The van der Waals surface area contributed by atoms with E-state index >= 15 is 0 Å². The van der Waals surface area contributed by atoms with Crippen molar-refractivity contribution in [1.82, 2.24) is 20.2 Å². The van der Waals surface area contributed by atoms with Crippen LogP contribution in [0, 0.1) is 0 Å². The van der Waals surface area contributed by atoms with Crippen molar-refractivity contribution >= 4 is 34.3 Å². The predicted octanol–water partition coefficient (Wildman–Crippen LogP) is 3.05. The minimum Gasteiger partial charge on any atom is -0.497 e. The van der Waals surface area contributed by atoms with E-state index in [0.29, 0.717) is 16.6 Å². The number of anilines is 1. The number of thiazole rings is 1. The zero-order valence-corrected chi connectivity index (χ0v) is 18.1. The van der Waals surface area contributed by atoms with E-state index in [0.717, 1.165) is 16.2 Å². The van der Waals surface area contributed by atoms with Crippen molar-refractivity contribution in [3.63, 3.8) is 0 Å². The molecule has 164 valence electrons. The Morgan fingerprint density at radius 3 is 2.72 bits per heavy atom. The molecule has 2 N–H and O–H groups in total. The number of urea groups is 1. The molecule has 1 aliphatic heterocycles. The average molecular weight is 452 g/mol. The molecule has 0 spiro atoms. The van der Waals surface area contributed by atoms with Crippen molar-refractivity contribution in [3.8, 4) is 17.1 Å². The smallest absolute Gasteiger partial charge is 0.325 e. The molecule has 3 heterocycles. The third kappa shape index (κ3) is 4.92. The van der Waals surface area contributed by atoms with Crippen LogP contribution < -0.4 is 15.4 Å². The average Bonchev–Trinajstić information content (AvgIpc) is 3.38. The Kier molecular flexibility index (Phi) is 6.41. The lowest BCUT2D eigenvalue weighted by Crippen LogP contribution is -2.31. The highest BCUT2D eigenvalue weighted by Crippen LogP contribution is 2.23. The SMILES string of the molecule is COc1ccc(CN2C(=O)N[C@H](CCC(=O)Nc3nc(-c4ccccn4)cs3)C2=O)cc1. The molecule has 2 aromatic heterocycles. The molecule has 0 aliphatic carbocycles. The number of hydrogen-bond donors (Lipinski definition) is 2. The first-order valence-corrected chi connectivity index (χ1v) is 10.8. The number of pyridine rings is 1. The van der Waals surface area contributed by atoms with Gasteiger partial charge in [0.15, 0.2) is 5.13 Å². The number of carbonyl (C=O) groups is 3. The molecule has 0 bridgehead atoms. The van der Waals surface area contributed by atoms with Gasteiger partial charge in [0.05, 0.1) is 19.3 Å². The standard InChI is InChI=1S/C22H21N5O4S/c1-31-15-7-5-14(6-8-15)12-27-20(29)17(25-22(27)30)9-10-19(28)26-21-24-18(13-32-21)16-4-2-3-11-23-16/h2-8,11,13,17H,9-10,12H2,1H3,(H,25,30)(H,24,26,28)/t17-/m1/s1. The third-order valence-electron chi connectivity index (χ3n) is 4.94. The highest BCUT2D eigenvalue weighted by atomic mass is 32.1. The molecule has 1 saturated heterocycles. The maximum atomic E-state index is 12.6. The van der Waals surface area contributed by atoms with Gasteiger partial charge < -0.3 is 15.4 Å². The Labute approximate surface area is 188 Å². The van der Waals surface area contributed by atoms with Gasteiger partial charge in [-0.2, -0.15) is 0 Å². The Bertz CT molecular complexity index is 1120. The number of nitrogens with zero attached hydrogens (tertiary/aromatic N) is 3. The molecule has 10 heteroatoms. The highest BCUT2D eigenvalue weighted by molar-refractivity contribution is 7.14. The van der Waals surface area contributed by atoms with Crippen LogP contribution in [0.25, 0.3) is 11.4 Å². The number of hydrogen-bond acceptors (Lipinski definition) is 7. The third-order valence-corrected chi connectivity index (χ3v) is 5.70. The van der Waals surface area contributed by atoms with Crippen molar-refractivity contribution in [3.05, 3.63) is 59.6 Å². The van der Waals surface area contributed by atoms with Gasteiger partial charge in [0, 0.05) is 18.0 Å². The molecule has 0 unspecified atom stereocenters. The van der Waals surface area contributed by atoms with Crippen LogP contribution in [0.1, 0.15) is 18.4 Å². The Morgan fingerprint density at radius 2 is 2.00 bits per heavy atom. The minimum atomic E-state index is -0.730. The Morgan fingerprint density at radius 1 is 1.19 bits per heavy atom. The van der Waals surface area contributed by atoms with E-state index in [2.05, 4.69) is 20.6 Å². The number of aromatic nitrogens is 2. The zero-order valence-electron chi connectivity index (χ0n) is 17.3. The maximum Gasteiger partial charge on any atom is 0.325 e. The van der Waals surface area contributed by atoms with Gasteiger partial charge in [-0.1, -0.05) is 18.2 Å². The summed E-state index contributed by atoms with van der Waals surface area (Å²) in [5.74, 6) is 0.0788. The van der Waals surface area contributed by atoms with E-state index in [4.69, 9.17) is 4.74 Å². The second-order valence-electron chi connectivity index (χ2n) is 7.11. The summed E-state index contributed by atoms with van der Waals surface area (Å²) in [6.07, 6.45) is 1.96. The molecule has 0 saturated carbocycles. The van der Waals surface area contributed by atoms with Gasteiger partial charge in [0.25, 0.3) is 5.91 Å². The molecule has 3 aromatic rings. The lowest BCUT2D eigenvalue weighted by atomic mass is 10.1. The number of nitrogens with one attached hydrogen (secondary N) is 2. The molecule has 1 aliphatic rings. The second-order valence-corrected chi connectivity index (χ2v) is 7.97. The first kappa shape index (κ1) is 21.4. The van der Waals surface area contributed by atoms with Gasteiger partial charge in [-0.05, 0) is 36.2 Å². The van der Waals surface area contributed by atoms with E-state index in [1.165, 1.54) is 11.3 Å². The number of benzene rings is 1. The van der Waals surface area contributed by atoms with Gasteiger partial charge in [-0.25, -0.2) is 9.78 Å². The molecular weight excluding hydrogens is 430 g/mol. The topological polar surface area (TPSA) is 114 Å². The summed E-state index contributed by atoms with van der Waals surface area (Å²) in [5, 5.41) is 7.66. The first-order valence-electron chi connectivity index (χ1n) is 9.95. The van der Waals surface area contributed by atoms with Gasteiger partial charge in [-0.15, -0.1) is 11.3 Å². The van der Waals surface area contributed by atoms with E-state index in [9.17, 15) is 14.4 Å². The molecule has 1 fully saturated rings. The van der Waals surface area contributed by atoms with Gasteiger partial charge >= 0.3 is 6.03 Å². The summed E-state index contributed by atoms with van der Waals surface area (Å²) >= 11 is 1.30. The maximum absolute atomic E-state index is 12.6. The normalized spacial score (nSPS) is 15.5. The summed E-state index contributed by atoms with van der Waals surface area (Å²) in [6.45, 7) is 0.159. The van der Waals surface area contributed by atoms with Crippen LogP contribution in [0.5, 0.6) is 5.75 Å². The Balaban J connectivity index is 1.29. The molecule has 1 atom stereocenters. The van der Waals surface area contributed by atoms with Crippen LogP contribution in [-0.2, 0) is 16.1 Å². The number of rotatable bonds is 8. The number of carbonyl (C=O) groups excluding carboxylic acids is 3. The number of ether oxygens (including phenoxy) is 1. The van der Waals surface area contributed by atoms with Crippen molar-refractivity contribution in [1.29, 1.82) is 0 Å². The lowest BCUT2D eigenvalue weighted by molar-refractivity contribution is -0.128. The van der Waals surface area contributed by atoms with Crippen LogP contribution in [0.4, 0.5) is 9.93 Å². The molecule has 1 aromatic carbocycles. The first-order chi connectivity index (χ1) is 15.5. The van der Waals surface area contributed by atoms with Gasteiger partial charge in [0.2, 0.25) is 5.91 Å². The van der Waals surface area contributed by atoms with Crippen molar-refractivity contribution in [2.75, 3.05) is 12.4 Å². The van der Waals surface area contributed by atoms with Crippen LogP contribution in [0.3, 0.4) is 0 Å². The van der Waals surface area contributed by atoms with E-state index in [-0.39, 0.29) is 31.2 Å². The number of methoxy groups -OCH3 is 1. The molecule has 32 heavy (non-hydrogen) atoms. The summed E-state index contributed by atoms with van der Waals surface area (Å²) in [4.78, 5) is 47.0. The minimum absolute atomic E-state index is 0.0750. The van der Waals surface area contributed by atoms with Crippen molar-refractivity contribution in [2.24, 2.45) is 0 Å². The fourth-order valence-corrected chi connectivity index (χ4v) is 3.98. The molecule has 0 radical (unpaired) electrons. The van der Waals surface area contributed by atoms with E-state index in [1.54, 1.807) is 37.6 Å². The second kappa shape index (κ2) is 9.56. The van der Waals surface area contributed by atoms with Crippen LogP contribution >= 0.6 is 11.3 Å². The van der Waals surface area contributed by atoms with Crippen LogP contribution in [-0.4, -0.2) is 45.9 Å². The highest BCUT2D eigenvalue weighted by Gasteiger charge is 2.37. The molecule has 4 rings (SSSR count). The van der Waals surface area contributed by atoms with Crippen molar-refractivity contribution < 1.29 is 19.1 Å². The van der Waals surface area contributed by atoms with Crippen LogP contribution in [0.2, 0.25) is 0 Å². The quantitative estimate of drug-likeness (QED) is 0.509. The van der Waals surface area contributed by atoms with Crippen molar-refractivity contribution in [2.45, 2.75) is 25.4 Å². The van der Waals surface area contributed by atoms with Crippen LogP contribution in [0.15, 0.2) is 54.0 Å².